The lowest BCUT2D eigenvalue weighted by Gasteiger charge is -2.45. The third-order valence-electron chi connectivity index (χ3n) is 7.53. The van der Waals surface area contributed by atoms with Crippen molar-refractivity contribution in [2.75, 3.05) is 6.61 Å². The van der Waals surface area contributed by atoms with Crippen LogP contribution in [0, 0.1) is 0 Å². The van der Waals surface area contributed by atoms with E-state index in [-0.39, 0.29) is 11.1 Å². The number of aliphatic hydroxyl groups is 1. The highest BCUT2D eigenvalue weighted by Gasteiger charge is 2.50. The first-order chi connectivity index (χ1) is 16.7. The van der Waals surface area contributed by atoms with Crippen molar-refractivity contribution in [2.45, 2.75) is 82.6 Å². The zero-order valence-corrected chi connectivity index (χ0v) is 22.6. The maximum Gasteiger partial charge on any atom is 0.261 e. The zero-order valence-electron chi connectivity index (χ0n) is 21.6. The fourth-order valence-corrected chi connectivity index (χ4v) is 10.1. The number of benzene rings is 2. The Labute approximate surface area is 211 Å². The maximum absolute atomic E-state index is 10.8. The van der Waals surface area contributed by atoms with Gasteiger partial charge in [0.05, 0.1) is 24.1 Å². The van der Waals surface area contributed by atoms with Gasteiger partial charge >= 0.3 is 0 Å². The van der Waals surface area contributed by atoms with Crippen LogP contribution in [0.5, 0.6) is 0 Å². The van der Waals surface area contributed by atoms with Crippen LogP contribution < -0.4 is 10.4 Å². The van der Waals surface area contributed by atoms with E-state index in [1.807, 2.05) is 19.1 Å². The molecule has 4 nitrogen and oxygen atoms in total. The second kappa shape index (κ2) is 10.8. The van der Waals surface area contributed by atoms with Crippen LogP contribution in [0.4, 0.5) is 0 Å². The van der Waals surface area contributed by atoms with Gasteiger partial charge in [0.1, 0.15) is 5.76 Å². The van der Waals surface area contributed by atoms with Crippen LogP contribution in [0.15, 0.2) is 83.5 Å². The molecule has 0 spiro atoms. The Bertz CT molecular complexity index is 990. The van der Waals surface area contributed by atoms with Gasteiger partial charge in [-0.05, 0) is 60.2 Å². The molecule has 0 unspecified atom stereocenters. The van der Waals surface area contributed by atoms with Gasteiger partial charge in [-0.2, -0.15) is 0 Å². The molecular weight excluding hydrogens is 452 g/mol. The molecule has 1 aliphatic heterocycles. The molecule has 35 heavy (non-hydrogen) atoms. The van der Waals surface area contributed by atoms with E-state index in [4.69, 9.17) is 13.6 Å². The van der Waals surface area contributed by atoms with Crippen molar-refractivity contribution in [3.8, 4) is 0 Å². The standard InChI is InChI=1S/C30H40O4Si/c1-29(2,3)35(26-13-7-5-8-14-26,27-15-9-6-10-16-27)33-23-20-25-17-18-28(31)30(4,34-25)21-19-24-12-11-22-32-24/h5-16,22,25,28,31H,17-21,23H2,1-4H3/t25-,28+,30-/m0/s1. The van der Waals surface area contributed by atoms with E-state index in [9.17, 15) is 5.11 Å². The van der Waals surface area contributed by atoms with E-state index in [2.05, 4.69) is 81.4 Å². The van der Waals surface area contributed by atoms with E-state index < -0.39 is 20.0 Å². The number of aryl methyl sites for hydroxylation is 1. The summed E-state index contributed by atoms with van der Waals surface area (Å²) in [4.78, 5) is 0. The van der Waals surface area contributed by atoms with Crippen molar-refractivity contribution < 1.29 is 18.7 Å². The molecule has 0 bridgehead atoms. The van der Waals surface area contributed by atoms with Crippen LogP contribution in [0.2, 0.25) is 5.04 Å². The summed E-state index contributed by atoms with van der Waals surface area (Å²) in [6, 6.07) is 25.4. The number of furan rings is 1. The SMILES string of the molecule is CC(C)(C)[Si](OCC[C@@H]1CC[C@@H](O)[C@](C)(CCc2ccco2)O1)(c1ccccc1)c1ccccc1. The summed E-state index contributed by atoms with van der Waals surface area (Å²) in [5.74, 6) is 0.930. The number of hydrogen-bond acceptors (Lipinski definition) is 4. The first-order valence-electron chi connectivity index (χ1n) is 12.9. The van der Waals surface area contributed by atoms with Crippen LogP contribution in [0.3, 0.4) is 0 Å². The molecule has 2 heterocycles. The van der Waals surface area contributed by atoms with Gasteiger partial charge in [0.2, 0.25) is 0 Å². The molecule has 1 saturated heterocycles. The Morgan fingerprint density at radius 1 is 0.943 bits per heavy atom. The molecule has 4 rings (SSSR count). The highest BCUT2D eigenvalue weighted by Crippen LogP contribution is 2.38. The van der Waals surface area contributed by atoms with Crippen molar-refractivity contribution in [2.24, 2.45) is 0 Å². The molecule has 0 radical (unpaired) electrons. The monoisotopic (exact) mass is 492 g/mol. The molecular formula is C30H40O4Si. The summed E-state index contributed by atoms with van der Waals surface area (Å²) in [6.07, 6.45) is 5.19. The molecule has 1 N–H and O–H groups in total. The van der Waals surface area contributed by atoms with Gasteiger partial charge in [0.15, 0.2) is 0 Å². The van der Waals surface area contributed by atoms with Gasteiger partial charge in [-0.1, -0.05) is 81.4 Å². The lowest BCUT2D eigenvalue weighted by atomic mass is 9.85. The van der Waals surface area contributed by atoms with Gasteiger partial charge in [-0.3, -0.25) is 0 Å². The number of hydrogen-bond donors (Lipinski definition) is 1. The van der Waals surface area contributed by atoms with Crippen molar-refractivity contribution in [1.82, 2.24) is 0 Å². The topological polar surface area (TPSA) is 51.8 Å². The third kappa shape index (κ3) is 5.64. The first kappa shape index (κ1) is 25.9. The predicted octanol–water partition coefficient (Wildman–Crippen LogP) is 5.48. The van der Waals surface area contributed by atoms with Gasteiger partial charge in [0.25, 0.3) is 8.32 Å². The average Bonchev–Trinajstić information content (AvgIpc) is 3.37. The molecule has 0 aliphatic carbocycles. The summed E-state index contributed by atoms with van der Waals surface area (Å²) in [6.45, 7) is 9.58. The molecule has 188 valence electrons. The molecule has 1 aliphatic rings. The van der Waals surface area contributed by atoms with Crippen LogP contribution in [0.25, 0.3) is 0 Å². The minimum Gasteiger partial charge on any atom is -0.469 e. The van der Waals surface area contributed by atoms with Crippen LogP contribution in [-0.4, -0.2) is 37.8 Å². The average molecular weight is 493 g/mol. The summed E-state index contributed by atoms with van der Waals surface area (Å²) >= 11 is 0. The van der Waals surface area contributed by atoms with Crippen molar-refractivity contribution in [3.05, 3.63) is 84.8 Å². The normalized spacial score (nSPS) is 23.3. The molecule has 1 fully saturated rings. The number of aliphatic hydroxyl groups excluding tert-OH is 1. The Kier molecular flexibility index (Phi) is 8.01. The van der Waals surface area contributed by atoms with E-state index >= 15 is 0 Å². The summed E-state index contributed by atoms with van der Waals surface area (Å²) < 4.78 is 19.1. The fraction of sp³-hybridized carbons (Fsp3) is 0.467. The second-order valence-corrected chi connectivity index (χ2v) is 15.3. The lowest BCUT2D eigenvalue weighted by Crippen LogP contribution is -2.66. The van der Waals surface area contributed by atoms with Gasteiger partial charge < -0.3 is 18.7 Å². The Morgan fingerprint density at radius 2 is 1.57 bits per heavy atom. The van der Waals surface area contributed by atoms with Gasteiger partial charge in [0, 0.05) is 13.0 Å². The van der Waals surface area contributed by atoms with Crippen molar-refractivity contribution >= 4 is 18.7 Å². The van der Waals surface area contributed by atoms with Crippen LogP contribution in [-0.2, 0) is 15.6 Å². The quantitative estimate of drug-likeness (QED) is 0.402. The first-order valence-corrected chi connectivity index (χ1v) is 14.8. The fourth-order valence-electron chi connectivity index (χ4n) is 5.53. The number of rotatable bonds is 9. The minimum atomic E-state index is -2.55. The zero-order chi connectivity index (χ0) is 24.9. The molecule has 2 aromatic carbocycles. The Morgan fingerprint density at radius 3 is 2.11 bits per heavy atom. The highest BCUT2D eigenvalue weighted by atomic mass is 28.4. The predicted molar refractivity (Wildman–Crippen MR) is 144 cm³/mol. The number of ether oxygens (including phenoxy) is 1. The lowest BCUT2D eigenvalue weighted by molar-refractivity contribution is -0.186. The van der Waals surface area contributed by atoms with Crippen molar-refractivity contribution in [1.29, 1.82) is 0 Å². The molecule has 0 amide bonds. The van der Waals surface area contributed by atoms with Crippen molar-refractivity contribution in [3.63, 3.8) is 0 Å². The second-order valence-electron chi connectivity index (χ2n) is 11.0. The molecule has 0 saturated carbocycles. The van der Waals surface area contributed by atoms with E-state index in [0.29, 0.717) is 6.61 Å². The molecule has 5 heteroatoms. The summed E-state index contributed by atoms with van der Waals surface area (Å²) in [5, 5.41) is 13.3. The van der Waals surface area contributed by atoms with Gasteiger partial charge in [-0.15, -0.1) is 0 Å². The summed E-state index contributed by atoms with van der Waals surface area (Å²) in [5.41, 5.74) is -0.576. The Balaban J connectivity index is 1.49. The van der Waals surface area contributed by atoms with Crippen LogP contribution >= 0.6 is 0 Å². The van der Waals surface area contributed by atoms with E-state index in [0.717, 1.165) is 37.9 Å². The molecule has 3 atom stereocenters. The summed E-state index contributed by atoms with van der Waals surface area (Å²) in [7, 11) is -2.55. The van der Waals surface area contributed by atoms with E-state index in [1.165, 1.54) is 10.4 Å². The largest absolute Gasteiger partial charge is 0.469 e. The minimum absolute atomic E-state index is 0.0448. The van der Waals surface area contributed by atoms with E-state index in [1.54, 1.807) is 6.26 Å². The molecule has 1 aromatic heterocycles. The van der Waals surface area contributed by atoms with Crippen LogP contribution in [0.1, 0.15) is 59.1 Å². The smallest absolute Gasteiger partial charge is 0.261 e. The molecule has 3 aromatic rings. The third-order valence-corrected chi connectivity index (χ3v) is 12.6. The van der Waals surface area contributed by atoms with Gasteiger partial charge in [-0.25, -0.2) is 0 Å². The highest BCUT2D eigenvalue weighted by molar-refractivity contribution is 6.99. The maximum atomic E-state index is 10.8. The Hall–Kier alpha value is -2.18.